The van der Waals surface area contributed by atoms with Crippen LogP contribution in [0.5, 0.6) is 0 Å². The van der Waals surface area contributed by atoms with E-state index in [9.17, 15) is 18.0 Å². The van der Waals surface area contributed by atoms with Gasteiger partial charge in [-0.05, 0) is 30.7 Å². The Balaban J connectivity index is 2.62. The Hall–Kier alpha value is -1.56. The second-order valence-electron chi connectivity index (χ2n) is 3.93. The van der Waals surface area contributed by atoms with Crippen molar-refractivity contribution >= 4 is 11.6 Å². The summed E-state index contributed by atoms with van der Waals surface area (Å²) in [7, 11) is 0. The molecule has 1 aromatic carbocycles. The van der Waals surface area contributed by atoms with Crippen molar-refractivity contribution < 1.29 is 18.0 Å². The molecule has 0 aromatic heterocycles. The van der Waals surface area contributed by atoms with E-state index < -0.39 is 12.6 Å². The average Bonchev–Trinajstić information content (AvgIpc) is 2.24. The number of amides is 1. The Morgan fingerprint density at radius 2 is 2.06 bits per heavy atom. The van der Waals surface area contributed by atoms with Crippen LogP contribution in [0.2, 0.25) is 0 Å². The standard InChI is InChI=1S/C12H15F3N2O/c13-12(14,15)8-9-3-1-4-10(7-9)17-11(18)5-2-6-16/h1,3-4,7H,2,5-6,8,16H2,(H,17,18). The highest BCUT2D eigenvalue weighted by atomic mass is 19.4. The lowest BCUT2D eigenvalue weighted by molar-refractivity contribution is -0.127. The SMILES string of the molecule is NCCCC(=O)Nc1cccc(CC(F)(F)F)c1. The van der Waals surface area contributed by atoms with Crippen LogP contribution in [0.1, 0.15) is 18.4 Å². The summed E-state index contributed by atoms with van der Waals surface area (Å²) in [5.74, 6) is -0.246. The molecule has 3 nitrogen and oxygen atoms in total. The van der Waals surface area contributed by atoms with Crippen LogP contribution in [0.4, 0.5) is 18.9 Å². The van der Waals surface area contributed by atoms with E-state index in [1.807, 2.05) is 0 Å². The van der Waals surface area contributed by atoms with E-state index in [1.54, 1.807) is 6.07 Å². The monoisotopic (exact) mass is 260 g/mol. The number of alkyl halides is 3. The molecular weight excluding hydrogens is 245 g/mol. The Bertz CT molecular complexity index is 405. The van der Waals surface area contributed by atoms with Crippen molar-refractivity contribution in [2.24, 2.45) is 5.73 Å². The zero-order chi connectivity index (χ0) is 13.6. The summed E-state index contributed by atoms with van der Waals surface area (Å²) in [5, 5.41) is 2.54. The molecule has 6 heteroatoms. The van der Waals surface area contributed by atoms with Crippen LogP contribution in [-0.2, 0) is 11.2 Å². The molecule has 18 heavy (non-hydrogen) atoms. The molecule has 0 saturated heterocycles. The summed E-state index contributed by atoms with van der Waals surface area (Å²) in [6, 6.07) is 5.75. The molecule has 0 radical (unpaired) electrons. The van der Waals surface area contributed by atoms with E-state index in [0.29, 0.717) is 18.7 Å². The number of halogens is 3. The predicted molar refractivity (Wildman–Crippen MR) is 63.1 cm³/mol. The molecule has 0 unspecified atom stereocenters. The average molecular weight is 260 g/mol. The fourth-order valence-corrected chi connectivity index (χ4v) is 1.48. The largest absolute Gasteiger partial charge is 0.393 e. The highest BCUT2D eigenvalue weighted by Gasteiger charge is 2.27. The van der Waals surface area contributed by atoms with E-state index in [4.69, 9.17) is 5.73 Å². The van der Waals surface area contributed by atoms with E-state index >= 15 is 0 Å². The molecule has 100 valence electrons. The van der Waals surface area contributed by atoms with Crippen molar-refractivity contribution in [1.29, 1.82) is 0 Å². The van der Waals surface area contributed by atoms with Gasteiger partial charge in [-0.1, -0.05) is 12.1 Å². The molecule has 0 aliphatic rings. The zero-order valence-electron chi connectivity index (χ0n) is 9.76. The van der Waals surface area contributed by atoms with Gasteiger partial charge < -0.3 is 11.1 Å². The predicted octanol–water partition coefficient (Wildman–Crippen LogP) is 2.47. The molecule has 0 fully saturated rings. The van der Waals surface area contributed by atoms with Crippen molar-refractivity contribution in [2.75, 3.05) is 11.9 Å². The van der Waals surface area contributed by atoms with E-state index in [-0.39, 0.29) is 17.9 Å². The van der Waals surface area contributed by atoms with Gasteiger partial charge in [-0.2, -0.15) is 13.2 Å². The molecule has 1 amide bonds. The number of hydrogen-bond donors (Lipinski definition) is 2. The molecular formula is C12H15F3N2O. The number of rotatable bonds is 5. The summed E-state index contributed by atoms with van der Waals surface area (Å²) in [4.78, 5) is 11.4. The first-order valence-corrected chi connectivity index (χ1v) is 5.56. The maximum absolute atomic E-state index is 12.2. The quantitative estimate of drug-likeness (QED) is 0.854. The fourth-order valence-electron chi connectivity index (χ4n) is 1.48. The number of nitrogens with two attached hydrogens (primary N) is 1. The minimum atomic E-state index is -4.25. The number of benzene rings is 1. The molecule has 0 bridgehead atoms. The highest BCUT2D eigenvalue weighted by Crippen LogP contribution is 2.22. The number of carbonyl (C=O) groups excluding carboxylic acids is 1. The van der Waals surface area contributed by atoms with Crippen molar-refractivity contribution in [3.63, 3.8) is 0 Å². The van der Waals surface area contributed by atoms with E-state index in [2.05, 4.69) is 5.32 Å². The van der Waals surface area contributed by atoms with Crippen molar-refractivity contribution in [3.05, 3.63) is 29.8 Å². The number of nitrogens with one attached hydrogen (secondary N) is 1. The lowest BCUT2D eigenvalue weighted by Crippen LogP contribution is -2.14. The van der Waals surface area contributed by atoms with Crippen LogP contribution in [-0.4, -0.2) is 18.6 Å². The van der Waals surface area contributed by atoms with Crippen LogP contribution in [0.25, 0.3) is 0 Å². The Morgan fingerprint density at radius 3 is 2.67 bits per heavy atom. The van der Waals surface area contributed by atoms with Crippen LogP contribution >= 0.6 is 0 Å². The highest BCUT2D eigenvalue weighted by molar-refractivity contribution is 5.90. The van der Waals surface area contributed by atoms with Gasteiger partial charge in [0.15, 0.2) is 0 Å². The van der Waals surface area contributed by atoms with Gasteiger partial charge >= 0.3 is 6.18 Å². The normalized spacial score (nSPS) is 11.3. The summed E-state index contributed by atoms with van der Waals surface area (Å²) < 4.78 is 36.6. The third-order valence-electron chi connectivity index (χ3n) is 2.22. The molecule has 0 saturated carbocycles. The molecule has 0 atom stereocenters. The number of carbonyl (C=O) groups is 1. The first-order chi connectivity index (χ1) is 8.40. The summed E-state index contributed by atoms with van der Waals surface area (Å²) >= 11 is 0. The third-order valence-corrected chi connectivity index (χ3v) is 2.22. The summed E-state index contributed by atoms with van der Waals surface area (Å²) in [6.07, 6.45) is -4.43. The third kappa shape index (κ3) is 5.67. The van der Waals surface area contributed by atoms with Crippen LogP contribution in [0, 0.1) is 0 Å². The van der Waals surface area contributed by atoms with Crippen molar-refractivity contribution in [2.45, 2.75) is 25.4 Å². The van der Waals surface area contributed by atoms with Crippen molar-refractivity contribution in [1.82, 2.24) is 0 Å². The Kier molecular flexibility index (Phi) is 5.15. The van der Waals surface area contributed by atoms with Gasteiger partial charge in [0.1, 0.15) is 0 Å². The summed E-state index contributed by atoms with van der Waals surface area (Å²) in [6.45, 7) is 0.404. The lowest BCUT2D eigenvalue weighted by Gasteiger charge is -2.09. The second-order valence-corrected chi connectivity index (χ2v) is 3.93. The zero-order valence-corrected chi connectivity index (χ0v) is 9.76. The topological polar surface area (TPSA) is 55.1 Å². The molecule has 1 rings (SSSR count). The van der Waals surface area contributed by atoms with Crippen LogP contribution in [0.3, 0.4) is 0 Å². The molecule has 0 aliphatic heterocycles. The minimum Gasteiger partial charge on any atom is -0.330 e. The van der Waals surface area contributed by atoms with Gasteiger partial charge in [0.25, 0.3) is 0 Å². The fraction of sp³-hybridized carbons (Fsp3) is 0.417. The molecule has 1 aromatic rings. The number of anilines is 1. The van der Waals surface area contributed by atoms with Gasteiger partial charge in [0.05, 0.1) is 6.42 Å². The van der Waals surface area contributed by atoms with Gasteiger partial charge in [-0.25, -0.2) is 0 Å². The van der Waals surface area contributed by atoms with Crippen LogP contribution < -0.4 is 11.1 Å². The van der Waals surface area contributed by atoms with Gasteiger partial charge in [-0.15, -0.1) is 0 Å². The number of hydrogen-bond acceptors (Lipinski definition) is 2. The van der Waals surface area contributed by atoms with E-state index in [0.717, 1.165) is 0 Å². The Morgan fingerprint density at radius 1 is 1.33 bits per heavy atom. The first-order valence-electron chi connectivity index (χ1n) is 5.56. The molecule has 3 N–H and O–H groups in total. The maximum Gasteiger partial charge on any atom is 0.393 e. The molecule has 0 aliphatic carbocycles. The summed E-state index contributed by atoms with van der Waals surface area (Å²) in [5.41, 5.74) is 5.76. The molecule has 0 heterocycles. The maximum atomic E-state index is 12.2. The van der Waals surface area contributed by atoms with Crippen LogP contribution in [0.15, 0.2) is 24.3 Å². The van der Waals surface area contributed by atoms with Crippen molar-refractivity contribution in [3.8, 4) is 0 Å². The lowest BCUT2D eigenvalue weighted by atomic mass is 10.1. The van der Waals surface area contributed by atoms with Gasteiger partial charge in [0, 0.05) is 12.1 Å². The smallest absolute Gasteiger partial charge is 0.330 e. The van der Waals surface area contributed by atoms with E-state index in [1.165, 1.54) is 18.2 Å². The second kappa shape index (κ2) is 6.39. The van der Waals surface area contributed by atoms with Gasteiger partial charge in [-0.3, -0.25) is 4.79 Å². The first kappa shape index (κ1) is 14.5. The molecule has 0 spiro atoms. The van der Waals surface area contributed by atoms with Gasteiger partial charge in [0.2, 0.25) is 5.91 Å². The minimum absolute atomic E-state index is 0.124. The Labute approximate surface area is 103 Å².